The van der Waals surface area contributed by atoms with Gasteiger partial charge >= 0.3 is 0 Å². The number of aromatic nitrogens is 1. The number of anilines is 1. The molecule has 4 heteroatoms. The van der Waals surface area contributed by atoms with Gasteiger partial charge in [0.05, 0.1) is 33.5 Å². The van der Waals surface area contributed by atoms with Gasteiger partial charge in [-0.2, -0.15) is 0 Å². The number of para-hydroxylation sites is 2. The Labute approximate surface area is 284 Å². The van der Waals surface area contributed by atoms with Crippen molar-refractivity contribution in [2.75, 3.05) is 4.90 Å². The summed E-state index contributed by atoms with van der Waals surface area (Å²) in [5, 5.41) is 2.17. The topological polar surface area (TPSA) is 42.3 Å². The summed E-state index contributed by atoms with van der Waals surface area (Å²) in [4.78, 5) is 30.5. The summed E-state index contributed by atoms with van der Waals surface area (Å²) in [6, 6.07) is 54.8. The van der Waals surface area contributed by atoms with E-state index >= 15 is 0 Å². The molecule has 0 saturated heterocycles. The first-order valence-electron chi connectivity index (χ1n) is 16.4. The van der Waals surface area contributed by atoms with Gasteiger partial charge in [0.15, 0.2) is 0 Å². The fourth-order valence-corrected chi connectivity index (χ4v) is 7.38. The predicted octanol–water partition coefficient (Wildman–Crippen LogP) is 10.9. The van der Waals surface area contributed by atoms with Crippen LogP contribution in [0.1, 0.15) is 26.3 Å². The number of amides is 2. The van der Waals surface area contributed by atoms with Gasteiger partial charge in [-0.3, -0.25) is 9.59 Å². The summed E-state index contributed by atoms with van der Waals surface area (Å²) < 4.78 is 2.18. The number of carbonyl (C=O) groups excluding carboxylic acids is 2. The molecule has 49 heavy (non-hydrogen) atoms. The third kappa shape index (κ3) is 4.53. The minimum Gasteiger partial charge on any atom is -0.308 e. The summed E-state index contributed by atoms with van der Waals surface area (Å²) in [5.41, 5.74) is 11.2. The summed E-state index contributed by atoms with van der Waals surface area (Å²) in [6.45, 7) is 2.12. The minimum absolute atomic E-state index is 0.328. The molecule has 2 amide bonds. The first-order chi connectivity index (χ1) is 24.1. The van der Waals surface area contributed by atoms with Crippen LogP contribution in [-0.4, -0.2) is 16.4 Å². The van der Waals surface area contributed by atoms with Crippen molar-refractivity contribution in [3.8, 4) is 39.1 Å². The van der Waals surface area contributed by atoms with Gasteiger partial charge in [-0.05, 0) is 76.7 Å². The lowest BCUT2D eigenvalue weighted by Crippen LogP contribution is -2.29. The van der Waals surface area contributed by atoms with Crippen molar-refractivity contribution in [1.29, 1.82) is 0 Å². The van der Waals surface area contributed by atoms with Gasteiger partial charge in [0, 0.05) is 16.3 Å². The smallest absolute Gasteiger partial charge is 0.268 e. The Morgan fingerprint density at radius 3 is 1.73 bits per heavy atom. The van der Waals surface area contributed by atoms with Crippen LogP contribution in [-0.2, 0) is 0 Å². The van der Waals surface area contributed by atoms with Gasteiger partial charge in [0.25, 0.3) is 11.8 Å². The zero-order chi connectivity index (χ0) is 33.1. The maximum atomic E-state index is 14.8. The van der Waals surface area contributed by atoms with Crippen LogP contribution in [0.15, 0.2) is 164 Å². The molecule has 0 saturated carbocycles. The van der Waals surface area contributed by atoms with E-state index in [9.17, 15) is 9.59 Å². The number of fused-ring (bicyclic) bond motifs is 4. The quantitative estimate of drug-likeness (QED) is 0.178. The summed E-state index contributed by atoms with van der Waals surface area (Å²) in [7, 11) is 0. The molecule has 1 aromatic heterocycles. The molecule has 0 N–H and O–H groups in total. The summed E-state index contributed by atoms with van der Waals surface area (Å²) in [6.07, 6.45) is 0. The van der Waals surface area contributed by atoms with Gasteiger partial charge in [0.1, 0.15) is 0 Å². The third-order valence-electron chi connectivity index (χ3n) is 9.65. The molecule has 0 atom stereocenters. The zero-order valence-corrected chi connectivity index (χ0v) is 26.8. The van der Waals surface area contributed by atoms with E-state index in [4.69, 9.17) is 0 Å². The predicted molar refractivity (Wildman–Crippen MR) is 199 cm³/mol. The number of hydrogen-bond acceptors (Lipinski definition) is 2. The summed E-state index contributed by atoms with van der Waals surface area (Å²) in [5.74, 6) is -0.662. The number of imide groups is 1. The van der Waals surface area contributed by atoms with Crippen LogP contribution in [0.2, 0.25) is 0 Å². The Hall–Kier alpha value is -6.52. The molecule has 0 bridgehead atoms. The highest BCUT2D eigenvalue weighted by Gasteiger charge is 2.40. The van der Waals surface area contributed by atoms with Crippen molar-refractivity contribution in [2.24, 2.45) is 0 Å². The molecule has 1 aliphatic rings. The number of carbonyl (C=O) groups is 2. The molecular weight excluding hydrogens is 601 g/mol. The van der Waals surface area contributed by atoms with Crippen molar-refractivity contribution in [1.82, 2.24) is 4.57 Å². The van der Waals surface area contributed by atoms with E-state index in [1.807, 2.05) is 103 Å². The molecule has 0 fully saturated rings. The van der Waals surface area contributed by atoms with Crippen molar-refractivity contribution in [3.63, 3.8) is 0 Å². The molecule has 0 unspecified atom stereocenters. The van der Waals surface area contributed by atoms with E-state index in [0.29, 0.717) is 22.5 Å². The fraction of sp³-hybridized carbons (Fsp3) is 0.0222. The first kappa shape index (κ1) is 28.7. The maximum Gasteiger partial charge on any atom is 0.268 e. The lowest BCUT2D eigenvalue weighted by atomic mass is 9.97. The number of nitrogens with zero attached hydrogens (tertiary/aromatic N) is 2. The number of rotatable bonds is 5. The van der Waals surface area contributed by atoms with Crippen LogP contribution in [0.3, 0.4) is 0 Å². The highest BCUT2D eigenvalue weighted by Crippen LogP contribution is 2.42. The molecule has 0 spiro atoms. The van der Waals surface area contributed by atoms with Crippen LogP contribution in [0.4, 0.5) is 5.69 Å². The standard InChI is InChI=1S/C45H30N2O2/c1-29-14-8-9-19-35(29)37-21-12-22-38-36-20-10-11-24-40(36)47(43(37)38)41-25-13-23-39-42(41)45(49)46(44(39)48)34-27-32(30-15-4-2-5-16-30)26-33(28-34)31-17-6-3-7-18-31/h2-28H,1H3. The molecule has 0 aliphatic carbocycles. The van der Waals surface area contributed by atoms with E-state index in [1.54, 1.807) is 6.07 Å². The zero-order valence-electron chi connectivity index (χ0n) is 26.8. The maximum absolute atomic E-state index is 14.8. The van der Waals surface area contributed by atoms with Gasteiger partial charge < -0.3 is 4.57 Å². The van der Waals surface area contributed by atoms with Gasteiger partial charge in [-0.25, -0.2) is 4.90 Å². The van der Waals surface area contributed by atoms with E-state index in [0.717, 1.165) is 60.8 Å². The largest absolute Gasteiger partial charge is 0.308 e. The van der Waals surface area contributed by atoms with E-state index in [1.165, 1.54) is 4.90 Å². The fourth-order valence-electron chi connectivity index (χ4n) is 7.38. The normalized spacial score (nSPS) is 12.6. The van der Waals surface area contributed by atoms with Crippen LogP contribution in [0, 0.1) is 6.92 Å². The van der Waals surface area contributed by atoms with Crippen LogP contribution < -0.4 is 4.90 Å². The second-order valence-electron chi connectivity index (χ2n) is 12.5. The van der Waals surface area contributed by atoms with Crippen molar-refractivity contribution in [2.45, 2.75) is 6.92 Å². The third-order valence-corrected chi connectivity index (χ3v) is 9.65. The Balaban J connectivity index is 1.27. The van der Waals surface area contributed by atoms with Gasteiger partial charge in [0.2, 0.25) is 0 Å². The average molecular weight is 631 g/mol. The lowest BCUT2D eigenvalue weighted by Gasteiger charge is -2.18. The van der Waals surface area contributed by atoms with Crippen molar-refractivity contribution >= 4 is 39.3 Å². The number of hydrogen-bond donors (Lipinski definition) is 0. The Bertz CT molecular complexity index is 2540. The Morgan fingerprint density at radius 1 is 0.449 bits per heavy atom. The van der Waals surface area contributed by atoms with Gasteiger partial charge in [-0.1, -0.05) is 127 Å². The summed E-state index contributed by atoms with van der Waals surface area (Å²) >= 11 is 0. The molecule has 1 aliphatic heterocycles. The van der Waals surface area contributed by atoms with Crippen molar-refractivity contribution < 1.29 is 9.59 Å². The highest BCUT2D eigenvalue weighted by molar-refractivity contribution is 6.36. The minimum atomic E-state index is -0.334. The van der Waals surface area contributed by atoms with Crippen LogP contribution in [0.25, 0.3) is 60.9 Å². The molecule has 7 aromatic carbocycles. The molecule has 9 rings (SSSR count). The first-order valence-corrected chi connectivity index (χ1v) is 16.4. The average Bonchev–Trinajstić information content (AvgIpc) is 3.63. The van der Waals surface area contributed by atoms with Gasteiger partial charge in [-0.15, -0.1) is 0 Å². The molecule has 8 aromatic rings. The number of aryl methyl sites for hydroxylation is 1. The van der Waals surface area contributed by atoms with Crippen LogP contribution in [0.5, 0.6) is 0 Å². The molecule has 4 nitrogen and oxygen atoms in total. The van der Waals surface area contributed by atoms with E-state index in [-0.39, 0.29) is 11.8 Å². The SMILES string of the molecule is Cc1ccccc1-c1cccc2c3ccccc3n(-c3cccc4c3C(=O)N(c3cc(-c5ccccc5)cc(-c5ccccc5)c3)C4=O)c12. The van der Waals surface area contributed by atoms with E-state index in [2.05, 4.69) is 66.1 Å². The van der Waals surface area contributed by atoms with Crippen molar-refractivity contribution in [3.05, 3.63) is 180 Å². The molecular formula is C45H30N2O2. The van der Waals surface area contributed by atoms with E-state index < -0.39 is 0 Å². The Morgan fingerprint density at radius 2 is 1.02 bits per heavy atom. The molecule has 232 valence electrons. The molecule has 0 radical (unpaired) electrons. The second-order valence-corrected chi connectivity index (χ2v) is 12.5. The second kappa shape index (κ2) is 11.3. The lowest BCUT2D eigenvalue weighted by molar-refractivity contribution is 0.0926. The van der Waals surface area contributed by atoms with Crippen LogP contribution >= 0.6 is 0 Å². The molecule has 2 heterocycles. The Kier molecular flexibility index (Phi) is 6.63. The monoisotopic (exact) mass is 630 g/mol. The highest BCUT2D eigenvalue weighted by atomic mass is 16.2. The number of benzene rings is 7.